The number of hydrogen-bond donors (Lipinski definition) is 0. The molecule has 0 unspecified atom stereocenters. The van der Waals surface area contributed by atoms with E-state index in [-0.39, 0.29) is 0 Å². The van der Waals surface area contributed by atoms with E-state index in [0.29, 0.717) is 35.0 Å². The molecule has 0 bridgehead atoms. The Hall–Kier alpha value is -2.14. The Morgan fingerprint density at radius 1 is 1.35 bits per heavy atom. The lowest BCUT2D eigenvalue weighted by Crippen LogP contribution is -2.05. The maximum atomic E-state index is 10.8. The van der Waals surface area contributed by atoms with Crippen LogP contribution < -0.4 is 0 Å². The number of benzene rings is 1. The molecule has 0 fully saturated rings. The van der Waals surface area contributed by atoms with Gasteiger partial charge in [0.25, 0.3) is 0 Å². The minimum Gasteiger partial charge on any atom is -0.450 e. The standard InChI is InChI=1S/C15H10BrNO3/c1-2-3-13-17-14-10-8-9(16)4-5-11(10)20-15(14)12(19-13)6-7-18/h2-8H,1H3/b3-2+,12-6+. The Morgan fingerprint density at radius 2 is 2.20 bits per heavy atom. The first-order valence-electron chi connectivity index (χ1n) is 6.00. The molecule has 0 saturated heterocycles. The lowest BCUT2D eigenvalue weighted by molar-refractivity contribution is -0.104. The number of hydrogen-bond acceptors (Lipinski definition) is 4. The Labute approximate surface area is 123 Å². The first-order valence-corrected chi connectivity index (χ1v) is 6.79. The third-order valence-electron chi connectivity index (χ3n) is 2.81. The highest BCUT2D eigenvalue weighted by Gasteiger charge is 2.24. The number of carbonyl (C=O) groups excluding carboxylic acids is 1. The number of ether oxygens (including phenoxy) is 1. The molecule has 2 aromatic rings. The quantitative estimate of drug-likeness (QED) is 0.606. The number of aliphatic imine (C=N–C) groups is 1. The highest BCUT2D eigenvalue weighted by Crippen LogP contribution is 2.41. The second kappa shape index (κ2) is 5.09. The van der Waals surface area contributed by atoms with Crippen LogP contribution in [-0.4, -0.2) is 12.2 Å². The van der Waals surface area contributed by atoms with Crippen LogP contribution in [0.1, 0.15) is 12.7 Å². The van der Waals surface area contributed by atoms with E-state index in [2.05, 4.69) is 20.9 Å². The predicted molar refractivity (Wildman–Crippen MR) is 80.9 cm³/mol. The van der Waals surface area contributed by atoms with E-state index < -0.39 is 0 Å². The zero-order valence-corrected chi connectivity index (χ0v) is 12.2. The summed E-state index contributed by atoms with van der Waals surface area (Å²) in [5, 5.41) is 0.872. The average Bonchev–Trinajstić information content (AvgIpc) is 2.78. The van der Waals surface area contributed by atoms with Crippen LogP contribution in [0.5, 0.6) is 0 Å². The van der Waals surface area contributed by atoms with Crippen LogP contribution in [0, 0.1) is 0 Å². The van der Waals surface area contributed by atoms with Crippen LogP contribution in [-0.2, 0) is 9.53 Å². The molecule has 4 nitrogen and oxygen atoms in total. The number of nitrogens with zero attached hydrogens (tertiary/aromatic N) is 1. The van der Waals surface area contributed by atoms with Crippen molar-refractivity contribution in [2.45, 2.75) is 6.92 Å². The highest BCUT2D eigenvalue weighted by molar-refractivity contribution is 9.10. The minimum absolute atomic E-state index is 0.366. The number of rotatable bonds is 2. The highest BCUT2D eigenvalue weighted by atomic mass is 79.9. The molecule has 0 radical (unpaired) electrons. The molecule has 100 valence electrons. The Bertz CT molecular complexity index is 784. The van der Waals surface area contributed by atoms with Crippen molar-refractivity contribution in [3.63, 3.8) is 0 Å². The molecule has 0 aliphatic carbocycles. The summed E-state index contributed by atoms with van der Waals surface area (Å²) in [6.07, 6.45) is 5.55. The molecule has 1 aromatic heterocycles. The van der Waals surface area contributed by atoms with E-state index in [1.807, 2.05) is 31.2 Å². The van der Waals surface area contributed by atoms with Crippen LogP contribution in [0.2, 0.25) is 0 Å². The van der Waals surface area contributed by atoms with Gasteiger partial charge in [0.05, 0.1) is 0 Å². The van der Waals surface area contributed by atoms with Crippen LogP contribution in [0.4, 0.5) is 5.69 Å². The molecule has 0 saturated carbocycles. The molecule has 1 aromatic carbocycles. The van der Waals surface area contributed by atoms with Gasteiger partial charge in [0.15, 0.2) is 11.5 Å². The maximum absolute atomic E-state index is 10.8. The number of fused-ring (bicyclic) bond motifs is 3. The minimum atomic E-state index is 0.366. The monoisotopic (exact) mass is 331 g/mol. The summed E-state index contributed by atoms with van der Waals surface area (Å²) in [6.45, 7) is 1.87. The van der Waals surface area contributed by atoms with Gasteiger partial charge in [0.1, 0.15) is 17.6 Å². The van der Waals surface area contributed by atoms with Crippen molar-refractivity contribution in [1.29, 1.82) is 0 Å². The summed E-state index contributed by atoms with van der Waals surface area (Å²) >= 11 is 3.43. The fraction of sp³-hybridized carbons (Fsp3) is 0.0667. The number of furan rings is 1. The summed E-state index contributed by atoms with van der Waals surface area (Å²) in [5.74, 6) is 1.26. The van der Waals surface area contributed by atoms with Crippen molar-refractivity contribution in [1.82, 2.24) is 0 Å². The number of allylic oxidation sites excluding steroid dienone is 2. The van der Waals surface area contributed by atoms with E-state index in [4.69, 9.17) is 9.15 Å². The fourth-order valence-electron chi connectivity index (χ4n) is 2.01. The summed E-state index contributed by atoms with van der Waals surface area (Å²) in [6, 6.07) is 5.66. The number of halogens is 1. The van der Waals surface area contributed by atoms with E-state index in [9.17, 15) is 4.79 Å². The molecule has 0 amide bonds. The summed E-state index contributed by atoms with van der Waals surface area (Å²) in [5.41, 5.74) is 1.37. The Kier molecular flexibility index (Phi) is 3.28. The average molecular weight is 332 g/mol. The lowest BCUT2D eigenvalue weighted by Gasteiger charge is -2.12. The Balaban J connectivity index is 2.31. The van der Waals surface area contributed by atoms with Crippen LogP contribution >= 0.6 is 15.9 Å². The summed E-state index contributed by atoms with van der Waals surface area (Å²) in [4.78, 5) is 15.2. The van der Waals surface area contributed by atoms with Gasteiger partial charge in [-0.25, -0.2) is 4.99 Å². The zero-order valence-electron chi connectivity index (χ0n) is 10.6. The molecule has 5 heteroatoms. The smallest absolute Gasteiger partial charge is 0.219 e. The lowest BCUT2D eigenvalue weighted by atomic mass is 10.2. The van der Waals surface area contributed by atoms with Gasteiger partial charge in [-0.2, -0.15) is 0 Å². The molecule has 20 heavy (non-hydrogen) atoms. The van der Waals surface area contributed by atoms with Gasteiger partial charge in [0, 0.05) is 15.9 Å². The third kappa shape index (κ3) is 2.10. The van der Waals surface area contributed by atoms with Gasteiger partial charge in [-0.3, -0.25) is 4.79 Å². The van der Waals surface area contributed by atoms with Gasteiger partial charge >= 0.3 is 0 Å². The Morgan fingerprint density at radius 3 is 2.95 bits per heavy atom. The van der Waals surface area contributed by atoms with Crippen molar-refractivity contribution in [3.05, 3.63) is 46.7 Å². The molecular formula is C15H10BrNO3. The van der Waals surface area contributed by atoms with Gasteiger partial charge < -0.3 is 9.15 Å². The third-order valence-corrected chi connectivity index (χ3v) is 3.31. The second-order valence-electron chi connectivity index (χ2n) is 4.14. The van der Waals surface area contributed by atoms with Gasteiger partial charge in [0.2, 0.25) is 5.90 Å². The van der Waals surface area contributed by atoms with Crippen LogP contribution in [0.25, 0.3) is 16.7 Å². The van der Waals surface area contributed by atoms with E-state index >= 15 is 0 Å². The first-order chi connectivity index (χ1) is 9.72. The van der Waals surface area contributed by atoms with Crippen molar-refractivity contribution in [2.24, 2.45) is 4.99 Å². The van der Waals surface area contributed by atoms with Crippen LogP contribution in [0.15, 0.2) is 50.3 Å². The fourth-order valence-corrected chi connectivity index (χ4v) is 2.37. The molecule has 1 aliphatic rings. The molecule has 0 N–H and O–H groups in total. The molecular weight excluding hydrogens is 322 g/mol. The largest absolute Gasteiger partial charge is 0.450 e. The van der Waals surface area contributed by atoms with Crippen LogP contribution in [0.3, 0.4) is 0 Å². The van der Waals surface area contributed by atoms with Crippen molar-refractivity contribution >= 4 is 50.5 Å². The molecule has 0 spiro atoms. The second-order valence-corrected chi connectivity index (χ2v) is 5.06. The summed E-state index contributed by atoms with van der Waals surface area (Å²) < 4.78 is 12.2. The van der Waals surface area contributed by atoms with E-state index in [0.717, 1.165) is 9.86 Å². The SMILES string of the molecule is C/C=C/C1=Nc2c(oc3ccc(Br)cc23)/C(=C\C=O)O1. The molecule has 0 atom stereocenters. The van der Waals surface area contributed by atoms with Gasteiger partial charge in [-0.15, -0.1) is 0 Å². The van der Waals surface area contributed by atoms with Gasteiger partial charge in [-0.1, -0.05) is 22.0 Å². The summed E-state index contributed by atoms with van der Waals surface area (Å²) in [7, 11) is 0. The van der Waals surface area contributed by atoms with Gasteiger partial charge in [-0.05, 0) is 31.2 Å². The number of carbonyl (C=O) groups is 1. The molecule has 1 aliphatic heterocycles. The van der Waals surface area contributed by atoms with Crippen molar-refractivity contribution < 1.29 is 13.9 Å². The van der Waals surface area contributed by atoms with Crippen molar-refractivity contribution in [3.8, 4) is 0 Å². The first kappa shape index (κ1) is 12.9. The van der Waals surface area contributed by atoms with E-state index in [1.54, 1.807) is 6.08 Å². The topological polar surface area (TPSA) is 51.8 Å². The zero-order chi connectivity index (χ0) is 14.1. The van der Waals surface area contributed by atoms with Crippen molar-refractivity contribution in [2.75, 3.05) is 0 Å². The predicted octanol–water partition coefficient (Wildman–Crippen LogP) is 4.37. The molecule has 2 heterocycles. The maximum Gasteiger partial charge on any atom is 0.219 e. The van der Waals surface area contributed by atoms with E-state index in [1.165, 1.54) is 6.08 Å². The normalized spacial score (nSPS) is 16.3. The molecule has 3 rings (SSSR count). The number of aldehydes is 1.